The van der Waals surface area contributed by atoms with Gasteiger partial charge in [0.15, 0.2) is 11.5 Å². The summed E-state index contributed by atoms with van der Waals surface area (Å²) in [6.07, 6.45) is 3.82. The molecule has 1 aliphatic rings. The minimum Gasteiger partial charge on any atom is -0.508 e. The Morgan fingerprint density at radius 1 is 1.25 bits per heavy atom. The van der Waals surface area contributed by atoms with E-state index < -0.39 is 0 Å². The summed E-state index contributed by atoms with van der Waals surface area (Å²) in [6.45, 7) is 2.04. The van der Waals surface area contributed by atoms with Crippen LogP contribution in [0.15, 0.2) is 34.3 Å². The molecule has 0 atom stereocenters. The number of phenols is 1. The van der Waals surface area contributed by atoms with E-state index in [1.54, 1.807) is 6.07 Å². The number of unbranched alkanes of at least 4 members (excludes halogenated alkanes) is 1. The molecule has 20 heavy (non-hydrogen) atoms. The third-order valence-corrected chi connectivity index (χ3v) is 3.52. The fourth-order valence-electron chi connectivity index (χ4n) is 2.49. The summed E-state index contributed by atoms with van der Waals surface area (Å²) >= 11 is 0. The van der Waals surface area contributed by atoms with Crippen LogP contribution in [0.2, 0.25) is 0 Å². The van der Waals surface area contributed by atoms with E-state index in [1.165, 1.54) is 18.2 Å². The van der Waals surface area contributed by atoms with Gasteiger partial charge in [-0.1, -0.05) is 13.3 Å². The summed E-state index contributed by atoms with van der Waals surface area (Å²) in [5.74, 6) is -0.294. The zero-order valence-corrected chi connectivity index (χ0v) is 11.1. The lowest BCUT2D eigenvalue weighted by Crippen LogP contribution is -2.15. The molecular formula is C16H14O4. The van der Waals surface area contributed by atoms with Crippen LogP contribution in [0.3, 0.4) is 0 Å². The molecule has 4 nitrogen and oxygen atoms in total. The number of phenolic OH excluding ortho intramolecular Hbond substituents is 1. The molecule has 1 heterocycles. The number of furan rings is 1. The fraction of sp³-hybridized carbons (Fsp3) is 0.250. The zero-order valence-electron chi connectivity index (χ0n) is 11.1. The molecule has 102 valence electrons. The summed E-state index contributed by atoms with van der Waals surface area (Å²) in [5, 5.41) is 10.0. The molecule has 2 aromatic rings. The number of allylic oxidation sites excluding steroid dienone is 2. The second-order valence-corrected chi connectivity index (χ2v) is 4.95. The Labute approximate surface area is 115 Å². The first-order valence-corrected chi connectivity index (χ1v) is 6.67. The standard InChI is InChI=1S/C16H14O4/c1-2-3-4-9-7-12(18)16-14(15(9)19)11-6-5-10(17)8-13(11)20-16/h5-8,17H,2-4H2,1H3. The molecule has 0 bridgehead atoms. The van der Waals surface area contributed by atoms with E-state index in [-0.39, 0.29) is 23.1 Å². The van der Waals surface area contributed by atoms with Crippen molar-refractivity contribution in [3.8, 4) is 5.75 Å². The molecule has 3 rings (SSSR count). The quantitative estimate of drug-likeness (QED) is 0.924. The topological polar surface area (TPSA) is 67.5 Å². The fourth-order valence-corrected chi connectivity index (χ4v) is 2.49. The molecule has 0 radical (unpaired) electrons. The first-order valence-electron chi connectivity index (χ1n) is 6.67. The molecule has 0 saturated carbocycles. The van der Waals surface area contributed by atoms with Crippen molar-refractivity contribution in [1.29, 1.82) is 0 Å². The monoisotopic (exact) mass is 270 g/mol. The number of carbonyl (C=O) groups is 2. The Morgan fingerprint density at radius 3 is 2.80 bits per heavy atom. The lowest BCUT2D eigenvalue weighted by molar-refractivity contribution is 0.0966. The molecule has 0 saturated heterocycles. The number of carbonyl (C=O) groups excluding carboxylic acids is 2. The van der Waals surface area contributed by atoms with E-state index in [0.717, 1.165) is 12.8 Å². The van der Waals surface area contributed by atoms with Gasteiger partial charge in [0, 0.05) is 17.0 Å². The van der Waals surface area contributed by atoms with Crippen molar-refractivity contribution < 1.29 is 19.1 Å². The number of benzene rings is 1. The maximum absolute atomic E-state index is 12.5. The van der Waals surface area contributed by atoms with Gasteiger partial charge in [0.1, 0.15) is 11.3 Å². The van der Waals surface area contributed by atoms with Crippen molar-refractivity contribution in [3.63, 3.8) is 0 Å². The van der Waals surface area contributed by atoms with Crippen molar-refractivity contribution in [2.75, 3.05) is 0 Å². The van der Waals surface area contributed by atoms with Gasteiger partial charge in [-0.3, -0.25) is 9.59 Å². The average molecular weight is 270 g/mol. The van der Waals surface area contributed by atoms with Crippen molar-refractivity contribution in [2.45, 2.75) is 26.2 Å². The minimum absolute atomic E-state index is 0.0441. The highest BCUT2D eigenvalue weighted by atomic mass is 16.3. The van der Waals surface area contributed by atoms with Gasteiger partial charge in [0.05, 0.1) is 5.56 Å². The average Bonchev–Trinajstić information content (AvgIpc) is 2.80. The maximum Gasteiger partial charge on any atom is 0.222 e. The number of hydrogen-bond donors (Lipinski definition) is 1. The molecule has 1 N–H and O–H groups in total. The molecule has 0 amide bonds. The van der Waals surface area contributed by atoms with E-state index >= 15 is 0 Å². The number of ketones is 2. The molecule has 0 fully saturated rings. The van der Waals surface area contributed by atoms with Gasteiger partial charge >= 0.3 is 0 Å². The van der Waals surface area contributed by atoms with Crippen molar-refractivity contribution in [3.05, 3.63) is 41.2 Å². The molecule has 1 aliphatic carbocycles. The molecular weight excluding hydrogens is 256 g/mol. The van der Waals surface area contributed by atoms with Crippen LogP contribution in [0, 0.1) is 0 Å². The second kappa shape index (κ2) is 4.63. The summed E-state index contributed by atoms with van der Waals surface area (Å²) in [4.78, 5) is 24.6. The number of rotatable bonds is 3. The Kier molecular flexibility index (Phi) is 2.93. The lowest BCUT2D eigenvalue weighted by Gasteiger charge is -2.10. The number of Topliss-reactive ketones (excluding diaryl/α,β-unsaturated/α-hetero) is 1. The van der Waals surface area contributed by atoms with Crippen LogP contribution in [0.4, 0.5) is 0 Å². The summed E-state index contributed by atoms with van der Waals surface area (Å²) < 4.78 is 5.43. The highest BCUT2D eigenvalue weighted by Crippen LogP contribution is 2.34. The third-order valence-electron chi connectivity index (χ3n) is 3.52. The SMILES string of the molecule is CCCCC1=CC(=O)c2oc3cc(O)ccc3c2C1=O. The van der Waals surface area contributed by atoms with Crippen LogP contribution >= 0.6 is 0 Å². The van der Waals surface area contributed by atoms with E-state index in [2.05, 4.69) is 0 Å². The van der Waals surface area contributed by atoms with Gasteiger partial charge in [-0.25, -0.2) is 0 Å². The number of hydrogen-bond acceptors (Lipinski definition) is 4. The zero-order chi connectivity index (χ0) is 14.3. The Morgan fingerprint density at radius 2 is 2.05 bits per heavy atom. The van der Waals surface area contributed by atoms with Crippen LogP contribution in [-0.4, -0.2) is 16.7 Å². The number of fused-ring (bicyclic) bond motifs is 3. The Hall–Kier alpha value is -2.36. The largest absolute Gasteiger partial charge is 0.508 e. The third kappa shape index (κ3) is 1.84. The van der Waals surface area contributed by atoms with Crippen LogP contribution in [0.5, 0.6) is 5.75 Å². The van der Waals surface area contributed by atoms with Crippen molar-refractivity contribution in [1.82, 2.24) is 0 Å². The van der Waals surface area contributed by atoms with Crippen LogP contribution in [-0.2, 0) is 0 Å². The highest BCUT2D eigenvalue weighted by molar-refractivity contribution is 6.28. The minimum atomic E-state index is -0.276. The van der Waals surface area contributed by atoms with Gasteiger partial charge in [-0.15, -0.1) is 0 Å². The predicted molar refractivity (Wildman–Crippen MR) is 74.1 cm³/mol. The summed E-state index contributed by atoms with van der Waals surface area (Å²) in [7, 11) is 0. The molecule has 0 spiro atoms. The van der Waals surface area contributed by atoms with Gasteiger partial charge in [-0.2, -0.15) is 0 Å². The first-order chi connectivity index (χ1) is 9.61. The van der Waals surface area contributed by atoms with Crippen molar-refractivity contribution >= 4 is 22.5 Å². The predicted octanol–water partition coefficient (Wildman–Crippen LogP) is 3.63. The second-order valence-electron chi connectivity index (χ2n) is 4.95. The first kappa shape index (κ1) is 12.7. The number of aromatic hydroxyl groups is 1. The Bertz CT molecular complexity index is 749. The van der Waals surface area contributed by atoms with Gasteiger partial charge < -0.3 is 9.52 Å². The molecule has 4 heteroatoms. The smallest absolute Gasteiger partial charge is 0.222 e. The Balaban J connectivity index is 2.14. The van der Waals surface area contributed by atoms with Gasteiger partial charge in [0.25, 0.3) is 0 Å². The molecule has 1 aromatic heterocycles. The van der Waals surface area contributed by atoms with Gasteiger partial charge in [-0.05, 0) is 31.1 Å². The van der Waals surface area contributed by atoms with E-state index in [0.29, 0.717) is 28.5 Å². The van der Waals surface area contributed by atoms with Gasteiger partial charge in [0.2, 0.25) is 5.78 Å². The maximum atomic E-state index is 12.5. The molecule has 0 unspecified atom stereocenters. The molecule has 0 aliphatic heterocycles. The summed E-state index contributed by atoms with van der Waals surface area (Å²) in [6, 6.07) is 4.51. The van der Waals surface area contributed by atoms with Crippen LogP contribution in [0.25, 0.3) is 11.0 Å². The summed E-state index contributed by atoms with van der Waals surface area (Å²) in [5.41, 5.74) is 1.24. The van der Waals surface area contributed by atoms with Crippen LogP contribution < -0.4 is 0 Å². The normalized spacial score (nSPS) is 14.6. The molecule has 1 aromatic carbocycles. The lowest BCUT2D eigenvalue weighted by atomic mass is 9.90. The van der Waals surface area contributed by atoms with E-state index in [1.807, 2.05) is 6.92 Å². The van der Waals surface area contributed by atoms with Crippen molar-refractivity contribution in [2.24, 2.45) is 0 Å². The highest BCUT2D eigenvalue weighted by Gasteiger charge is 2.31. The van der Waals surface area contributed by atoms with E-state index in [9.17, 15) is 14.7 Å². The van der Waals surface area contributed by atoms with E-state index in [4.69, 9.17) is 4.42 Å². The van der Waals surface area contributed by atoms with Crippen LogP contribution in [0.1, 0.15) is 47.1 Å².